The van der Waals surface area contributed by atoms with Crippen LogP contribution in [-0.2, 0) is 9.53 Å². The molecule has 0 aliphatic carbocycles. The first-order valence-electron chi connectivity index (χ1n) is 6.51. The minimum Gasteiger partial charge on any atom is -0.378 e. The summed E-state index contributed by atoms with van der Waals surface area (Å²) in [6.07, 6.45) is 4.67. The van der Waals surface area contributed by atoms with Gasteiger partial charge in [0.2, 0.25) is 5.91 Å². The number of nitrogens with one attached hydrogen (secondary N) is 3. The lowest BCUT2D eigenvalue weighted by Crippen LogP contribution is -2.47. The fraction of sp³-hybridized carbons (Fsp3) is 0.833. The van der Waals surface area contributed by atoms with Crippen LogP contribution in [0.3, 0.4) is 0 Å². The molecule has 0 bridgehead atoms. The molecule has 1 aliphatic rings. The maximum atomic E-state index is 11.5. The quantitative estimate of drug-likeness (QED) is 0.665. The third-order valence-corrected chi connectivity index (χ3v) is 3.05. The average Bonchev–Trinajstić information content (AvgIpc) is 2.39. The summed E-state index contributed by atoms with van der Waals surface area (Å²) < 4.78 is 5.60. The summed E-state index contributed by atoms with van der Waals surface area (Å²) in [6, 6.07) is -0.866. The molecule has 1 saturated heterocycles. The molecule has 0 aromatic rings. The number of carbonyl (C=O) groups excluding carboxylic acids is 2. The Morgan fingerprint density at radius 3 is 2.78 bits per heavy atom. The van der Waals surface area contributed by atoms with Gasteiger partial charge in [-0.1, -0.05) is 0 Å². The highest BCUT2D eigenvalue weighted by molar-refractivity contribution is 5.96. The summed E-state index contributed by atoms with van der Waals surface area (Å²) in [5.74, 6) is -0.320. The average molecular weight is 257 g/mol. The van der Waals surface area contributed by atoms with Crippen molar-refractivity contribution in [3.05, 3.63) is 0 Å². The first-order valence-corrected chi connectivity index (χ1v) is 6.51. The lowest BCUT2D eigenvalue weighted by molar-refractivity contribution is -0.121. The smallest absolute Gasteiger partial charge is 0.321 e. The normalized spacial score (nSPS) is 21.1. The van der Waals surface area contributed by atoms with Crippen molar-refractivity contribution in [2.24, 2.45) is 0 Å². The Hall–Kier alpha value is -1.14. The molecule has 0 radical (unpaired) electrons. The van der Waals surface area contributed by atoms with E-state index in [2.05, 4.69) is 16.0 Å². The summed E-state index contributed by atoms with van der Waals surface area (Å²) in [6.45, 7) is 3.30. The van der Waals surface area contributed by atoms with Crippen LogP contribution in [0, 0.1) is 0 Å². The van der Waals surface area contributed by atoms with Crippen LogP contribution < -0.4 is 16.0 Å². The Morgan fingerprint density at radius 1 is 1.39 bits per heavy atom. The molecule has 1 heterocycles. The molecule has 18 heavy (non-hydrogen) atoms. The summed E-state index contributed by atoms with van der Waals surface area (Å²) >= 11 is 0. The highest BCUT2D eigenvalue weighted by Gasteiger charge is 2.16. The second kappa shape index (κ2) is 8.05. The van der Waals surface area contributed by atoms with Gasteiger partial charge in [0.15, 0.2) is 0 Å². The van der Waals surface area contributed by atoms with Crippen molar-refractivity contribution >= 4 is 11.9 Å². The Balaban J connectivity index is 2.13. The molecule has 3 N–H and O–H groups in total. The van der Waals surface area contributed by atoms with Crippen molar-refractivity contribution in [1.29, 1.82) is 0 Å². The predicted molar refractivity (Wildman–Crippen MR) is 68.3 cm³/mol. The molecule has 0 aromatic heterocycles. The molecular formula is C12H23N3O3. The Morgan fingerprint density at radius 2 is 2.17 bits per heavy atom. The third kappa shape index (κ3) is 5.46. The molecule has 6 heteroatoms. The zero-order chi connectivity index (χ0) is 13.4. The van der Waals surface area contributed by atoms with Gasteiger partial charge in [-0.15, -0.1) is 0 Å². The topological polar surface area (TPSA) is 79.5 Å². The molecule has 0 saturated carbocycles. The van der Waals surface area contributed by atoms with Crippen molar-refractivity contribution in [3.8, 4) is 0 Å². The number of urea groups is 1. The lowest BCUT2D eigenvalue weighted by atomic mass is 10.1. The van der Waals surface area contributed by atoms with E-state index in [9.17, 15) is 9.59 Å². The molecule has 2 unspecified atom stereocenters. The summed E-state index contributed by atoms with van der Waals surface area (Å²) in [7, 11) is 1.47. The van der Waals surface area contributed by atoms with Crippen LogP contribution in [0.2, 0.25) is 0 Å². The van der Waals surface area contributed by atoms with Gasteiger partial charge in [0.1, 0.15) is 0 Å². The van der Waals surface area contributed by atoms with E-state index in [1.54, 1.807) is 6.92 Å². The van der Waals surface area contributed by atoms with Gasteiger partial charge in [-0.3, -0.25) is 10.1 Å². The molecule has 0 spiro atoms. The number of imide groups is 1. The van der Waals surface area contributed by atoms with Crippen LogP contribution in [0.15, 0.2) is 0 Å². The van der Waals surface area contributed by atoms with Crippen LogP contribution in [0.4, 0.5) is 4.79 Å². The minimum atomic E-state index is -0.482. The van der Waals surface area contributed by atoms with Crippen molar-refractivity contribution in [2.45, 2.75) is 44.8 Å². The summed E-state index contributed by atoms with van der Waals surface area (Å²) in [5.41, 5.74) is 0. The van der Waals surface area contributed by atoms with Crippen LogP contribution in [0.5, 0.6) is 0 Å². The second-order valence-corrected chi connectivity index (χ2v) is 4.52. The fourth-order valence-electron chi connectivity index (χ4n) is 1.87. The largest absolute Gasteiger partial charge is 0.378 e. The zero-order valence-electron chi connectivity index (χ0n) is 11.1. The van der Waals surface area contributed by atoms with E-state index in [1.807, 2.05) is 0 Å². The van der Waals surface area contributed by atoms with Crippen LogP contribution in [0.1, 0.15) is 32.6 Å². The standard InChI is InChI=1S/C12H23N3O3/c1-9(11(16)15-12(17)13-2)14-7-6-10-5-3-4-8-18-10/h9-10,14H,3-8H2,1-2H3,(H2,13,15,16,17). The van der Waals surface area contributed by atoms with Crippen molar-refractivity contribution < 1.29 is 14.3 Å². The van der Waals surface area contributed by atoms with E-state index < -0.39 is 6.03 Å². The number of rotatable bonds is 5. The maximum absolute atomic E-state index is 11.5. The molecule has 6 nitrogen and oxygen atoms in total. The van der Waals surface area contributed by atoms with E-state index in [0.29, 0.717) is 12.6 Å². The van der Waals surface area contributed by atoms with E-state index in [4.69, 9.17) is 4.74 Å². The van der Waals surface area contributed by atoms with Gasteiger partial charge >= 0.3 is 6.03 Å². The molecule has 1 aliphatic heterocycles. The Kier molecular flexibility index (Phi) is 6.67. The van der Waals surface area contributed by atoms with Crippen molar-refractivity contribution in [1.82, 2.24) is 16.0 Å². The van der Waals surface area contributed by atoms with E-state index >= 15 is 0 Å². The van der Waals surface area contributed by atoms with Crippen LogP contribution in [-0.4, -0.2) is 44.3 Å². The predicted octanol–water partition coefficient (Wildman–Crippen LogP) is 0.379. The van der Waals surface area contributed by atoms with Crippen LogP contribution in [0.25, 0.3) is 0 Å². The first kappa shape index (κ1) is 14.9. The summed E-state index contributed by atoms with van der Waals surface area (Å²) in [4.78, 5) is 22.5. The second-order valence-electron chi connectivity index (χ2n) is 4.52. The van der Waals surface area contributed by atoms with E-state index in [1.165, 1.54) is 13.5 Å². The molecule has 0 aromatic carbocycles. The minimum absolute atomic E-state index is 0.306. The van der Waals surface area contributed by atoms with Crippen LogP contribution >= 0.6 is 0 Å². The SMILES string of the molecule is CNC(=O)NC(=O)C(C)NCCC1CCCCO1. The molecule has 1 fully saturated rings. The van der Waals surface area contributed by atoms with Crippen molar-refractivity contribution in [3.63, 3.8) is 0 Å². The zero-order valence-corrected chi connectivity index (χ0v) is 11.1. The maximum Gasteiger partial charge on any atom is 0.321 e. The van der Waals surface area contributed by atoms with Gasteiger partial charge in [-0.25, -0.2) is 4.79 Å². The number of hydrogen-bond acceptors (Lipinski definition) is 4. The molecule has 3 amide bonds. The van der Waals surface area contributed by atoms with E-state index in [0.717, 1.165) is 25.9 Å². The number of ether oxygens (including phenoxy) is 1. The molecular weight excluding hydrogens is 234 g/mol. The van der Waals surface area contributed by atoms with Gasteiger partial charge < -0.3 is 15.4 Å². The number of amides is 3. The first-order chi connectivity index (χ1) is 8.63. The van der Waals surface area contributed by atoms with E-state index in [-0.39, 0.29) is 11.9 Å². The van der Waals surface area contributed by atoms with Crippen molar-refractivity contribution in [2.75, 3.05) is 20.2 Å². The summed E-state index contributed by atoms with van der Waals surface area (Å²) in [5, 5.41) is 7.66. The highest BCUT2D eigenvalue weighted by Crippen LogP contribution is 2.14. The Bertz CT molecular complexity index is 278. The highest BCUT2D eigenvalue weighted by atomic mass is 16.5. The molecule has 2 atom stereocenters. The number of hydrogen-bond donors (Lipinski definition) is 3. The molecule has 104 valence electrons. The third-order valence-electron chi connectivity index (χ3n) is 3.05. The Labute approximate surface area is 108 Å². The number of carbonyl (C=O) groups is 2. The fourth-order valence-corrected chi connectivity index (χ4v) is 1.87. The monoisotopic (exact) mass is 257 g/mol. The van der Waals surface area contributed by atoms with Gasteiger partial charge in [0.25, 0.3) is 0 Å². The lowest BCUT2D eigenvalue weighted by Gasteiger charge is -2.23. The van der Waals surface area contributed by atoms with Gasteiger partial charge in [-0.2, -0.15) is 0 Å². The van der Waals surface area contributed by atoms with Gasteiger partial charge in [0.05, 0.1) is 12.1 Å². The van der Waals surface area contributed by atoms with Gasteiger partial charge in [0, 0.05) is 13.7 Å². The molecule has 1 rings (SSSR count). The van der Waals surface area contributed by atoms with Gasteiger partial charge in [-0.05, 0) is 39.2 Å².